The molecule has 1 aliphatic rings. The Morgan fingerprint density at radius 2 is 1.74 bits per heavy atom. The van der Waals surface area contributed by atoms with Crippen LogP contribution in [0.4, 0.5) is 0 Å². The van der Waals surface area contributed by atoms with Crippen LogP contribution < -0.4 is 5.32 Å². The minimum absolute atomic E-state index is 0.217. The predicted molar refractivity (Wildman–Crippen MR) is 85.6 cm³/mol. The third-order valence-corrected chi connectivity index (χ3v) is 4.31. The van der Waals surface area contributed by atoms with E-state index in [1.807, 2.05) is 0 Å². The average molecular weight is 268 g/mol. The summed E-state index contributed by atoms with van der Waals surface area (Å²) in [7, 11) is 2.32. The van der Waals surface area contributed by atoms with Gasteiger partial charge in [-0.2, -0.15) is 0 Å². The largest absolute Gasteiger partial charge is 0.311 e. The molecule has 2 unspecified atom stereocenters. The molecule has 0 aromatic heterocycles. The summed E-state index contributed by atoms with van der Waals surface area (Å²) in [6.45, 7) is 16.2. The third kappa shape index (κ3) is 6.76. The maximum atomic E-state index is 3.65. The van der Waals surface area contributed by atoms with Crippen molar-refractivity contribution in [1.29, 1.82) is 0 Å². The molecule has 0 radical (unpaired) electrons. The Kier molecular flexibility index (Phi) is 5.88. The van der Waals surface area contributed by atoms with Crippen molar-refractivity contribution >= 4 is 0 Å². The van der Waals surface area contributed by atoms with Gasteiger partial charge in [-0.3, -0.25) is 0 Å². The monoisotopic (exact) mass is 268 g/mol. The minimum Gasteiger partial charge on any atom is -0.311 e. The Bertz CT molecular complexity index is 265. The van der Waals surface area contributed by atoms with E-state index in [2.05, 4.69) is 58.8 Å². The molecule has 1 rings (SSSR count). The summed E-state index contributed by atoms with van der Waals surface area (Å²) in [5.74, 6) is 0.914. The zero-order valence-corrected chi connectivity index (χ0v) is 14.3. The van der Waals surface area contributed by atoms with E-state index in [-0.39, 0.29) is 5.54 Å². The molecule has 1 fully saturated rings. The van der Waals surface area contributed by atoms with Crippen molar-refractivity contribution in [1.82, 2.24) is 10.2 Å². The lowest BCUT2D eigenvalue weighted by atomic mass is 9.84. The highest BCUT2D eigenvalue weighted by molar-refractivity contribution is 4.84. The van der Waals surface area contributed by atoms with Gasteiger partial charge in [0.15, 0.2) is 0 Å². The molecule has 2 nitrogen and oxygen atoms in total. The first-order valence-electron chi connectivity index (χ1n) is 8.04. The van der Waals surface area contributed by atoms with Crippen LogP contribution in [0.3, 0.4) is 0 Å². The molecule has 2 atom stereocenters. The molecule has 19 heavy (non-hydrogen) atoms. The molecule has 114 valence electrons. The van der Waals surface area contributed by atoms with Gasteiger partial charge in [0.05, 0.1) is 0 Å². The number of rotatable bonds is 5. The molecule has 0 aromatic carbocycles. The lowest BCUT2D eigenvalue weighted by molar-refractivity contribution is 0.111. The molecule has 1 aliphatic carbocycles. The summed E-state index contributed by atoms with van der Waals surface area (Å²) in [6.07, 6.45) is 5.62. The van der Waals surface area contributed by atoms with Gasteiger partial charge in [0.2, 0.25) is 0 Å². The van der Waals surface area contributed by atoms with Crippen molar-refractivity contribution in [3.8, 4) is 0 Å². The molecule has 0 amide bonds. The average Bonchev–Trinajstić information content (AvgIpc) is 2.25. The van der Waals surface area contributed by atoms with Gasteiger partial charge in [0, 0.05) is 24.7 Å². The molecule has 0 saturated heterocycles. The quantitative estimate of drug-likeness (QED) is 0.813. The smallest absolute Gasteiger partial charge is 0.00967 e. The second-order valence-electron chi connectivity index (χ2n) is 8.61. The SMILES string of the molecule is CC1CCCC(N(C)CC(C)(C)CNC(C)(C)C)C1. The van der Waals surface area contributed by atoms with Crippen molar-refractivity contribution in [3.05, 3.63) is 0 Å². The molecule has 0 heterocycles. The summed E-state index contributed by atoms with van der Waals surface area (Å²) in [5.41, 5.74) is 0.553. The molecule has 0 aromatic rings. The highest BCUT2D eigenvalue weighted by atomic mass is 15.1. The fourth-order valence-corrected chi connectivity index (χ4v) is 3.17. The van der Waals surface area contributed by atoms with Crippen LogP contribution in [-0.2, 0) is 0 Å². The highest BCUT2D eigenvalue weighted by Gasteiger charge is 2.28. The van der Waals surface area contributed by atoms with Crippen molar-refractivity contribution < 1.29 is 0 Å². The van der Waals surface area contributed by atoms with Crippen molar-refractivity contribution in [2.24, 2.45) is 11.3 Å². The van der Waals surface area contributed by atoms with E-state index in [1.165, 1.54) is 32.2 Å². The van der Waals surface area contributed by atoms with Gasteiger partial charge in [-0.25, -0.2) is 0 Å². The maximum Gasteiger partial charge on any atom is 0.00967 e. The first-order chi connectivity index (χ1) is 8.59. The van der Waals surface area contributed by atoms with E-state index in [0.29, 0.717) is 5.41 Å². The van der Waals surface area contributed by atoms with Crippen LogP contribution >= 0.6 is 0 Å². The van der Waals surface area contributed by atoms with Crippen LogP contribution in [0.2, 0.25) is 0 Å². The van der Waals surface area contributed by atoms with E-state index in [4.69, 9.17) is 0 Å². The summed E-state index contributed by atoms with van der Waals surface area (Å²) in [5, 5.41) is 3.65. The molecule has 1 N–H and O–H groups in total. The van der Waals surface area contributed by atoms with Crippen LogP contribution in [0.1, 0.15) is 67.2 Å². The molecule has 1 saturated carbocycles. The molecule has 0 bridgehead atoms. The summed E-state index contributed by atoms with van der Waals surface area (Å²) in [4.78, 5) is 2.61. The van der Waals surface area contributed by atoms with Gasteiger partial charge in [-0.1, -0.05) is 33.6 Å². The van der Waals surface area contributed by atoms with Gasteiger partial charge in [-0.15, -0.1) is 0 Å². The van der Waals surface area contributed by atoms with Gasteiger partial charge >= 0.3 is 0 Å². The van der Waals surface area contributed by atoms with Crippen molar-refractivity contribution in [2.75, 3.05) is 20.1 Å². The number of nitrogens with zero attached hydrogens (tertiary/aromatic N) is 1. The van der Waals surface area contributed by atoms with E-state index in [1.54, 1.807) is 0 Å². The van der Waals surface area contributed by atoms with Crippen LogP contribution in [0.5, 0.6) is 0 Å². The number of hydrogen-bond donors (Lipinski definition) is 1. The second kappa shape index (κ2) is 6.58. The van der Waals surface area contributed by atoms with Gasteiger partial charge < -0.3 is 10.2 Å². The van der Waals surface area contributed by atoms with E-state index >= 15 is 0 Å². The molecule has 2 heteroatoms. The Hall–Kier alpha value is -0.0800. The summed E-state index contributed by atoms with van der Waals surface area (Å²) in [6, 6.07) is 0.803. The summed E-state index contributed by atoms with van der Waals surface area (Å²) < 4.78 is 0. The molecular formula is C17H36N2. The first-order valence-corrected chi connectivity index (χ1v) is 8.04. The fraction of sp³-hybridized carbons (Fsp3) is 1.00. The lowest BCUT2D eigenvalue weighted by Gasteiger charge is -2.39. The second-order valence-corrected chi connectivity index (χ2v) is 8.61. The standard InChI is InChI=1S/C17H36N2/c1-14-9-8-10-15(11-14)19(7)13-17(5,6)12-18-16(2,3)4/h14-15,18H,8-13H2,1-7H3. The van der Waals surface area contributed by atoms with E-state index in [9.17, 15) is 0 Å². The van der Waals surface area contributed by atoms with Crippen LogP contribution in [0, 0.1) is 11.3 Å². The predicted octanol–water partition coefficient (Wildman–Crippen LogP) is 3.91. The van der Waals surface area contributed by atoms with Gasteiger partial charge in [0.1, 0.15) is 0 Å². The molecule has 0 aliphatic heterocycles. The topological polar surface area (TPSA) is 15.3 Å². The Balaban J connectivity index is 2.43. The van der Waals surface area contributed by atoms with Crippen molar-refractivity contribution in [2.45, 2.75) is 78.8 Å². The normalized spacial score (nSPS) is 25.9. The molecule has 0 spiro atoms. The maximum absolute atomic E-state index is 3.65. The Morgan fingerprint density at radius 1 is 1.11 bits per heavy atom. The summed E-state index contributed by atoms with van der Waals surface area (Å²) >= 11 is 0. The first kappa shape index (κ1) is 17.0. The highest BCUT2D eigenvalue weighted by Crippen LogP contribution is 2.28. The zero-order chi connectivity index (χ0) is 14.7. The number of nitrogens with one attached hydrogen (secondary N) is 1. The Morgan fingerprint density at radius 3 is 2.26 bits per heavy atom. The fourth-order valence-electron chi connectivity index (χ4n) is 3.17. The van der Waals surface area contributed by atoms with Crippen LogP contribution in [-0.4, -0.2) is 36.6 Å². The molecular weight excluding hydrogens is 232 g/mol. The van der Waals surface area contributed by atoms with Crippen molar-refractivity contribution in [3.63, 3.8) is 0 Å². The third-order valence-electron chi connectivity index (χ3n) is 4.31. The minimum atomic E-state index is 0.217. The van der Waals surface area contributed by atoms with E-state index in [0.717, 1.165) is 18.5 Å². The van der Waals surface area contributed by atoms with Gasteiger partial charge in [0.25, 0.3) is 0 Å². The Labute approximate surface area is 121 Å². The van der Waals surface area contributed by atoms with E-state index < -0.39 is 0 Å². The zero-order valence-electron chi connectivity index (χ0n) is 14.3. The van der Waals surface area contributed by atoms with Crippen LogP contribution in [0.25, 0.3) is 0 Å². The van der Waals surface area contributed by atoms with Gasteiger partial charge in [-0.05, 0) is 52.0 Å². The van der Waals surface area contributed by atoms with Crippen LogP contribution in [0.15, 0.2) is 0 Å². The lowest BCUT2D eigenvalue weighted by Crippen LogP contribution is -2.48. The number of hydrogen-bond acceptors (Lipinski definition) is 2.